The highest BCUT2D eigenvalue weighted by atomic mass is 28.3. The number of hydrogen-bond acceptors (Lipinski definition) is 3. The average molecular weight is 468 g/mol. The van der Waals surface area contributed by atoms with Crippen LogP contribution >= 0.6 is 0 Å². The Morgan fingerprint density at radius 3 is 1.94 bits per heavy atom. The van der Waals surface area contributed by atoms with E-state index in [1.54, 1.807) is 12.1 Å². The van der Waals surface area contributed by atoms with E-state index in [1.165, 1.54) is 0 Å². The van der Waals surface area contributed by atoms with Gasteiger partial charge in [0.25, 0.3) is 0 Å². The van der Waals surface area contributed by atoms with Crippen molar-refractivity contribution in [3.8, 4) is 11.5 Å². The van der Waals surface area contributed by atoms with Crippen LogP contribution < -0.4 is 11.2 Å². The van der Waals surface area contributed by atoms with Crippen LogP contribution in [-0.4, -0.2) is 26.4 Å². The minimum absolute atomic E-state index is 0.0904. The van der Waals surface area contributed by atoms with Crippen molar-refractivity contribution in [2.75, 3.05) is 5.73 Å². The van der Waals surface area contributed by atoms with Crippen LogP contribution in [-0.2, 0) is 9.31 Å². The molecule has 1 saturated heterocycles. The van der Waals surface area contributed by atoms with E-state index in [-0.39, 0.29) is 5.69 Å². The van der Waals surface area contributed by atoms with Gasteiger partial charge >= 0.3 is 7.12 Å². The Hall–Kier alpha value is -1.81. The molecule has 3 rings (SSSR count). The summed E-state index contributed by atoms with van der Waals surface area (Å²) >= 11 is 0. The van der Waals surface area contributed by atoms with Gasteiger partial charge in [0.2, 0.25) is 0 Å². The van der Waals surface area contributed by atoms with Crippen molar-refractivity contribution in [2.24, 2.45) is 0 Å². The van der Waals surface area contributed by atoms with Gasteiger partial charge in [0.1, 0.15) is 8.07 Å². The third-order valence-electron chi connectivity index (χ3n) is 7.94. The molecule has 0 bridgehead atoms. The van der Waals surface area contributed by atoms with E-state index in [0.29, 0.717) is 22.0 Å². The molecule has 1 aliphatic heterocycles. The molecular formula is C27H39BFNO2Si. The molecule has 178 valence electrons. The molecule has 6 heteroatoms. The van der Waals surface area contributed by atoms with Crippen molar-refractivity contribution < 1.29 is 13.7 Å². The summed E-state index contributed by atoms with van der Waals surface area (Å²) in [6.45, 7) is 21.8. The Balaban J connectivity index is 2.29. The Labute approximate surface area is 200 Å². The number of rotatable bonds is 4. The molecule has 1 heterocycles. The molecule has 2 aromatic rings. The standard InChI is InChI=1S/C27H39BFNO2Si/c1-17(2)33(18(3)4,19(5)6)15-14-20-12-11-13-21-24(20)22(16-23(30)25(21)29)28-31-26(7,8)27(9,10)32-28/h11-13,16-19H,30H2,1-10H3. The summed E-state index contributed by atoms with van der Waals surface area (Å²) in [5.74, 6) is 3.10. The second-order valence-corrected chi connectivity index (χ2v) is 16.9. The van der Waals surface area contributed by atoms with Gasteiger partial charge in [-0.05, 0) is 61.9 Å². The molecule has 0 aromatic heterocycles. The second kappa shape index (κ2) is 8.76. The Bertz CT molecular complexity index is 1080. The summed E-state index contributed by atoms with van der Waals surface area (Å²) in [4.78, 5) is 0. The van der Waals surface area contributed by atoms with E-state index in [2.05, 4.69) is 53.0 Å². The number of nitrogens with two attached hydrogens (primary N) is 1. The van der Waals surface area contributed by atoms with Crippen LogP contribution in [0.5, 0.6) is 0 Å². The minimum Gasteiger partial charge on any atom is -0.399 e. The topological polar surface area (TPSA) is 44.5 Å². The SMILES string of the molecule is CC(C)[Si](C#Cc1cccc2c(F)c(N)cc(B3OC(C)(C)C(C)(C)O3)c12)(C(C)C)C(C)C. The Kier molecular flexibility index (Phi) is 6.85. The normalized spacial score (nSPS) is 17.8. The predicted molar refractivity (Wildman–Crippen MR) is 142 cm³/mol. The molecule has 2 N–H and O–H groups in total. The van der Waals surface area contributed by atoms with Crippen molar-refractivity contribution in [3.63, 3.8) is 0 Å². The summed E-state index contributed by atoms with van der Waals surface area (Å²) in [5.41, 5.74) is 12.0. The molecule has 2 aromatic carbocycles. The van der Waals surface area contributed by atoms with E-state index < -0.39 is 32.2 Å². The smallest absolute Gasteiger partial charge is 0.399 e. The molecule has 0 radical (unpaired) electrons. The number of anilines is 1. The Morgan fingerprint density at radius 1 is 0.939 bits per heavy atom. The molecule has 1 aliphatic rings. The first-order valence-corrected chi connectivity index (χ1v) is 14.3. The van der Waals surface area contributed by atoms with Crippen molar-refractivity contribution in [3.05, 3.63) is 35.6 Å². The summed E-state index contributed by atoms with van der Waals surface area (Å²) < 4.78 is 27.8. The second-order valence-electron chi connectivity index (χ2n) is 11.3. The summed E-state index contributed by atoms with van der Waals surface area (Å²) in [6.07, 6.45) is 0. The lowest BCUT2D eigenvalue weighted by molar-refractivity contribution is 0.00578. The fourth-order valence-electron chi connectivity index (χ4n) is 5.37. The summed E-state index contributed by atoms with van der Waals surface area (Å²) in [6, 6.07) is 7.24. The maximum Gasteiger partial charge on any atom is 0.495 e. The van der Waals surface area contributed by atoms with Gasteiger partial charge in [-0.2, -0.15) is 0 Å². The summed E-state index contributed by atoms with van der Waals surface area (Å²) in [5, 5.41) is 1.19. The quantitative estimate of drug-likeness (QED) is 0.320. The van der Waals surface area contributed by atoms with Crippen LogP contribution in [0.2, 0.25) is 16.6 Å². The molecule has 0 aliphatic carbocycles. The maximum absolute atomic E-state index is 15.2. The van der Waals surface area contributed by atoms with Gasteiger partial charge in [0.15, 0.2) is 5.82 Å². The first kappa shape index (κ1) is 25.8. The van der Waals surface area contributed by atoms with E-state index in [1.807, 2.05) is 39.8 Å². The first-order valence-electron chi connectivity index (χ1n) is 12.0. The monoisotopic (exact) mass is 467 g/mol. The lowest BCUT2D eigenvalue weighted by Crippen LogP contribution is -2.43. The number of benzene rings is 2. The predicted octanol–water partition coefficient (Wildman–Crippen LogP) is 6.43. The van der Waals surface area contributed by atoms with Gasteiger partial charge in [0, 0.05) is 16.3 Å². The number of halogens is 1. The fourth-order valence-corrected chi connectivity index (χ4v) is 10.6. The van der Waals surface area contributed by atoms with Crippen LogP contribution in [0.25, 0.3) is 10.8 Å². The zero-order valence-electron chi connectivity index (χ0n) is 21.9. The van der Waals surface area contributed by atoms with E-state index in [9.17, 15) is 0 Å². The largest absolute Gasteiger partial charge is 0.495 e. The van der Waals surface area contributed by atoms with Crippen LogP contribution in [0.1, 0.15) is 74.8 Å². The van der Waals surface area contributed by atoms with Gasteiger partial charge in [-0.3, -0.25) is 0 Å². The molecular weight excluding hydrogens is 428 g/mol. The highest BCUT2D eigenvalue weighted by Crippen LogP contribution is 2.41. The molecule has 0 unspecified atom stereocenters. The number of nitrogen functional groups attached to an aromatic ring is 1. The lowest BCUT2D eigenvalue weighted by Gasteiger charge is -2.38. The highest BCUT2D eigenvalue weighted by Gasteiger charge is 2.52. The van der Waals surface area contributed by atoms with Gasteiger partial charge in [-0.15, -0.1) is 5.54 Å². The average Bonchev–Trinajstić information content (AvgIpc) is 2.91. The van der Waals surface area contributed by atoms with Gasteiger partial charge in [-0.1, -0.05) is 59.6 Å². The molecule has 0 amide bonds. The lowest BCUT2D eigenvalue weighted by atomic mass is 9.74. The zero-order chi connectivity index (χ0) is 24.9. The summed E-state index contributed by atoms with van der Waals surface area (Å²) in [7, 11) is -2.61. The van der Waals surface area contributed by atoms with Gasteiger partial charge < -0.3 is 15.0 Å². The van der Waals surface area contributed by atoms with E-state index in [0.717, 1.165) is 16.4 Å². The zero-order valence-corrected chi connectivity index (χ0v) is 22.9. The van der Waals surface area contributed by atoms with Crippen molar-refractivity contribution in [1.82, 2.24) is 0 Å². The van der Waals surface area contributed by atoms with Crippen LogP contribution in [0.4, 0.5) is 10.1 Å². The van der Waals surface area contributed by atoms with Crippen LogP contribution in [0.3, 0.4) is 0 Å². The Morgan fingerprint density at radius 2 is 1.45 bits per heavy atom. The third kappa shape index (κ3) is 4.24. The fraction of sp³-hybridized carbons (Fsp3) is 0.556. The molecule has 0 spiro atoms. The van der Waals surface area contributed by atoms with Crippen LogP contribution in [0, 0.1) is 17.3 Å². The molecule has 33 heavy (non-hydrogen) atoms. The maximum atomic E-state index is 15.2. The van der Waals surface area contributed by atoms with Crippen LogP contribution in [0.15, 0.2) is 24.3 Å². The first-order chi connectivity index (χ1) is 15.2. The van der Waals surface area contributed by atoms with E-state index >= 15 is 4.39 Å². The van der Waals surface area contributed by atoms with Crippen molar-refractivity contribution >= 4 is 37.1 Å². The molecule has 1 fully saturated rings. The number of hydrogen-bond donors (Lipinski definition) is 1. The van der Waals surface area contributed by atoms with E-state index in [4.69, 9.17) is 15.0 Å². The molecule has 3 nitrogen and oxygen atoms in total. The third-order valence-corrected chi connectivity index (χ3v) is 14.2. The molecule has 0 saturated carbocycles. The van der Waals surface area contributed by atoms with Crippen molar-refractivity contribution in [2.45, 2.75) is 97.1 Å². The van der Waals surface area contributed by atoms with Gasteiger partial charge in [0.05, 0.1) is 16.9 Å². The van der Waals surface area contributed by atoms with Gasteiger partial charge in [-0.25, -0.2) is 4.39 Å². The number of fused-ring (bicyclic) bond motifs is 1. The highest BCUT2D eigenvalue weighted by molar-refractivity contribution is 6.90. The van der Waals surface area contributed by atoms with Crippen molar-refractivity contribution in [1.29, 1.82) is 0 Å². The minimum atomic E-state index is -1.96. The molecule has 0 atom stereocenters.